The molecule has 0 unspecified atom stereocenters. The van der Waals surface area contributed by atoms with Gasteiger partial charge in [-0.25, -0.2) is 4.98 Å². The Morgan fingerprint density at radius 2 is 2.04 bits per heavy atom. The number of imidazole rings is 1. The molecule has 128 valence electrons. The molecular formula is C19H26N4O. The lowest BCUT2D eigenvalue weighted by Crippen LogP contribution is -2.48. The van der Waals surface area contributed by atoms with E-state index in [1.807, 2.05) is 35.9 Å². The molecule has 0 saturated carbocycles. The molecule has 5 nitrogen and oxygen atoms in total. The van der Waals surface area contributed by atoms with Gasteiger partial charge in [-0.1, -0.05) is 6.92 Å². The van der Waals surface area contributed by atoms with E-state index in [4.69, 9.17) is 0 Å². The molecule has 0 bridgehead atoms. The van der Waals surface area contributed by atoms with Crippen molar-refractivity contribution in [2.75, 3.05) is 19.6 Å². The number of pyridine rings is 1. The molecule has 2 atom stereocenters. The monoisotopic (exact) mass is 326 g/mol. The average Bonchev–Trinajstić information content (AvgIpc) is 3.30. The van der Waals surface area contributed by atoms with Crippen LogP contribution >= 0.6 is 0 Å². The van der Waals surface area contributed by atoms with Crippen molar-refractivity contribution in [2.24, 2.45) is 0 Å². The van der Waals surface area contributed by atoms with Crippen molar-refractivity contribution in [1.82, 2.24) is 19.2 Å². The zero-order chi connectivity index (χ0) is 16.7. The highest BCUT2D eigenvalue weighted by Crippen LogP contribution is 2.30. The largest absolute Gasteiger partial charge is 0.333 e. The van der Waals surface area contributed by atoms with Gasteiger partial charge in [0.05, 0.1) is 0 Å². The zero-order valence-corrected chi connectivity index (χ0v) is 14.6. The Hall–Kier alpha value is -1.88. The van der Waals surface area contributed by atoms with Crippen molar-refractivity contribution in [1.29, 1.82) is 0 Å². The van der Waals surface area contributed by atoms with Crippen LogP contribution in [0.15, 0.2) is 24.5 Å². The molecule has 24 heavy (non-hydrogen) atoms. The quantitative estimate of drug-likeness (QED) is 0.871. The van der Waals surface area contributed by atoms with Crippen molar-refractivity contribution < 1.29 is 4.79 Å². The minimum Gasteiger partial charge on any atom is -0.333 e. The Kier molecular flexibility index (Phi) is 4.04. The zero-order valence-electron chi connectivity index (χ0n) is 14.6. The fourth-order valence-corrected chi connectivity index (χ4v) is 4.46. The Morgan fingerprint density at radius 1 is 1.25 bits per heavy atom. The Labute approximate surface area is 143 Å². The van der Waals surface area contributed by atoms with Crippen molar-refractivity contribution >= 4 is 11.6 Å². The smallest absolute Gasteiger partial charge is 0.274 e. The predicted molar refractivity (Wildman–Crippen MR) is 94.3 cm³/mol. The highest BCUT2D eigenvalue weighted by Gasteiger charge is 2.39. The maximum atomic E-state index is 13.1. The number of likely N-dealkylation sites (tertiary alicyclic amines) is 2. The van der Waals surface area contributed by atoms with Gasteiger partial charge in [0.1, 0.15) is 11.3 Å². The standard InChI is InChI=1S/C19H26N4O/c1-3-21-9-4-6-16(21)17-7-5-10-23(17)19(24)15-13-22-11-8-14(2)12-18(22)20-15/h8,11-13,16-17H,3-7,9-10H2,1-2H3/t16-,17-/m1/s1. The third-order valence-corrected chi connectivity index (χ3v) is 5.66. The second kappa shape index (κ2) is 6.20. The van der Waals surface area contributed by atoms with Crippen LogP contribution in [-0.2, 0) is 0 Å². The maximum absolute atomic E-state index is 13.1. The first-order valence-electron chi connectivity index (χ1n) is 9.18. The SMILES string of the molecule is CCN1CCC[C@@H]1[C@H]1CCCN1C(=O)c1cn2ccc(C)cc2n1. The fraction of sp³-hybridized carbons (Fsp3) is 0.579. The summed E-state index contributed by atoms with van der Waals surface area (Å²) in [5, 5.41) is 0. The lowest BCUT2D eigenvalue weighted by atomic mass is 10.0. The Bertz CT molecular complexity index is 753. The number of nitrogens with zero attached hydrogens (tertiary/aromatic N) is 4. The van der Waals surface area contributed by atoms with E-state index in [1.165, 1.54) is 19.4 Å². The summed E-state index contributed by atoms with van der Waals surface area (Å²) >= 11 is 0. The number of fused-ring (bicyclic) bond motifs is 1. The second-order valence-electron chi connectivity index (χ2n) is 7.14. The number of carbonyl (C=O) groups is 1. The molecule has 0 aromatic carbocycles. The van der Waals surface area contributed by atoms with Gasteiger partial charge in [0, 0.05) is 31.0 Å². The summed E-state index contributed by atoms with van der Waals surface area (Å²) < 4.78 is 1.94. The highest BCUT2D eigenvalue weighted by atomic mass is 16.2. The normalized spacial score (nSPS) is 25.0. The summed E-state index contributed by atoms with van der Waals surface area (Å²) in [5.74, 6) is 0.0989. The van der Waals surface area contributed by atoms with Gasteiger partial charge in [-0.05, 0) is 63.4 Å². The molecule has 4 rings (SSSR count). The molecule has 0 aliphatic carbocycles. The number of aryl methyl sites for hydroxylation is 1. The molecule has 2 fully saturated rings. The van der Waals surface area contributed by atoms with Gasteiger partial charge in [-0.3, -0.25) is 9.69 Å². The van der Waals surface area contributed by atoms with Crippen LogP contribution in [-0.4, -0.2) is 56.8 Å². The van der Waals surface area contributed by atoms with Crippen LogP contribution in [0.3, 0.4) is 0 Å². The van der Waals surface area contributed by atoms with Gasteiger partial charge in [-0.2, -0.15) is 0 Å². The van der Waals surface area contributed by atoms with Crippen LogP contribution in [0.4, 0.5) is 0 Å². The van der Waals surface area contributed by atoms with Crippen LogP contribution in [0.2, 0.25) is 0 Å². The lowest BCUT2D eigenvalue weighted by molar-refractivity contribution is 0.0645. The van der Waals surface area contributed by atoms with Gasteiger partial charge in [0.15, 0.2) is 0 Å². The van der Waals surface area contributed by atoms with Crippen molar-refractivity contribution in [3.63, 3.8) is 0 Å². The fourth-order valence-electron chi connectivity index (χ4n) is 4.46. The third kappa shape index (κ3) is 2.61. The summed E-state index contributed by atoms with van der Waals surface area (Å²) in [7, 11) is 0. The van der Waals surface area contributed by atoms with E-state index in [0.29, 0.717) is 17.8 Å². The summed E-state index contributed by atoms with van der Waals surface area (Å²) in [5.41, 5.74) is 2.59. The first-order chi connectivity index (χ1) is 11.7. The van der Waals surface area contributed by atoms with Crippen molar-refractivity contribution in [3.8, 4) is 0 Å². The third-order valence-electron chi connectivity index (χ3n) is 5.66. The van der Waals surface area contributed by atoms with Crippen LogP contribution in [0.5, 0.6) is 0 Å². The molecule has 5 heteroatoms. The summed E-state index contributed by atoms with van der Waals surface area (Å²) in [4.78, 5) is 22.3. The molecule has 2 saturated heterocycles. The number of aromatic nitrogens is 2. The van der Waals surface area contributed by atoms with E-state index in [2.05, 4.69) is 21.7 Å². The van der Waals surface area contributed by atoms with E-state index in [9.17, 15) is 4.79 Å². The topological polar surface area (TPSA) is 40.9 Å². The molecule has 4 heterocycles. The molecule has 2 aromatic rings. The average molecular weight is 326 g/mol. The van der Waals surface area contributed by atoms with Gasteiger partial charge < -0.3 is 9.30 Å². The van der Waals surface area contributed by atoms with E-state index < -0.39 is 0 Å². The number of carbonyl (C=O) groups excluding carboxylic acids is 1. The van der Waals surface area contributed by atoms with Crippen LogP contribution in [0.1, 0.15) is 48.7 Å². The van der Waals surface area contributed by atoms with E-state index in [-0.39, 0.29) is 5.91 Å². The van der Waals surface area contributed by atoms with Gasteiger partial charge >= 0.3 is 0 Å². The Morgan fingerprint density at radius 3 is 2.88 bits per heavy atom. The van der Waals surface area contributed by atoms with E-state index >= 15 is 0 Å². The van der Waals surface area contributed by atoms with Gasteiger partial charge in [-0.15, -0.1) is 0 Å². The van der Waals surface area contributed by atoms with E-state index in [1.54, 1.807) is 0 Å². The molecule has 2 aliphatic heterocycles. The molecule has 0 spiro atoms. The number of amides is 1. The molecule has 0 N–H and O–H groups in total. The maximum Gasteiger partial charge on any atom is 0.274 e. The highest BCUT2D eigenvalue weighted by molar-refractivity contribution is 5.93. The summed E-state index contributed by atoms with van der Waals surface area (Å²) in [6.07, 6.45) is 8.55. The van der Waals surface area contributed by atoms with Gasteiger partial charge in [0.2, 0.25) is 0 Å². The van der Waals surface area contributed by atoms with Crippen molar-refractivity contribution in [3.05, 3.63) is 35.8 Å². The number of rotatable bonds is 3. The number of hydrogen-bond donors (Lipinski definition) is 0. The second-order valence-corrected chi connectivity index (χ2v) is 7.14. The van der Waals surface area contributed by atoms with Crippen LogP contribution < -0.4 is 0 Å². The lowest BCUT2D eigenvalue weighted by Gasteiger charge is -2.34. The first kappa shape index (κ1) is 15.6. The minimum atomic E-state index is 0.0989. The van der Waals surface area contributed by atoms with Crippen LogP contribution in [0, 0.1) is 6.92 Å². The van der Waals surface area contributed by atoms with Crippen LogP contribution in [0.25, 0.3) is 5.65 Å². The number of likely N-dealkylation sites (N-methyl/N-ethyl adjacent to an activating group) is 1. The van der Waals surface area contributed by atoms with Gasteiger partial charge in [0.25, 0.3) is 5.91 Å². The van der Waals surface area contributed by atoms with E-state index in [0.717, 1.165) is 37.1 Å². The summed E-state index contributed by atoms with van der Waals surface area (Å²) in [6, 6.07) is 4.94. The molecular weight excluding hydrogens is 300 g/mol. The van der Waals surface area contributed by atoms with Crippen molar-refractivity contribution in [2.45, 2.75) is 51.6 Å². The number of hydrogen-bond acceptors (Lipinski definition) is 3. The molecule has 0 radical (unpaired) electrons. The minimum absolute atomic E-state index is 0.0989. The summed E-state index contributed by atoms with van der Waals surface area (Å²) in [6.45, 7) is 7.39. The molecule has 2 aromatic heterocycles. The Balaban J connectivity index is 1.60. The molecule has 1 amide bonds. The first-order valence-corrected chi connectivity index (χ1v) is 9.18. The molecule has 2 aliphatic rings. The predicted octanol–water partition coefficient (Wildman–Crippen LogP) is 2.73.